The molecule has 7 heteroatoms. The fraction of sp³-hybridized carbons (Fsp3) is 0.650. The molecule has 27 heavy (non-hydrogen) atoms. The van der Waals surface area contributed by atoms with Gasteiger partial charge in [-0.15, -0.1) is 0 Å². The Kier molecular flexibility index (Phi) is 6.49. The van der Waals surface area contributed by atoms with Crippen LogP contribution in [0.1, 0.15) is 56.3 Å². The van der Waals surface area contributed by atoms with Crippen LogP contribution in [0.3, 0.4) is 0 Å². The van der Waals surface area contributed by atoms with E-state index in [1.807, 2.05) is 4.90 Å². The fourth-order valence-corrected chi connectivity index (χ4v) is 6.28. The number of nitrogens with zero attached hydrogens (tertiary/aromatic N) is 2. The highest BCUT2D eigenvalue weighted by atomic mass is 35.5. The number of carbonyl (C=O) groups is 1. The standard InChI is InChI=1S/C20H29ClN2O3S/c1-15-11-16(2)14-22(13-15)20(24)17-7-8-18(21)19(12-17)27(25,26)23-9-5-3-4-6-10-23/h7-8,12,15-16H,3-6,9-11,13-14H2,1-2H3/t15-,16-/m0/s1. The molecule has 3 rings (SSSR count). The maximum absolute atomic E-state index is 13.1. The van der Waals surface area contributed by atoms with Gasteiger partial charge >= 0.3 is 0 Å². The third-order valence-electron chi connectivity index (χ3n) is 5.52. The number of likely N-dealkylation sites (tertiary alicyclic amines) is 1. The van der Waals surface area contributed by atoms with Gasteiger partial charge in [0.2, 0.25) is 10.0 Å². The lowest BCUT2D eigenvalue weighted by atomic mass is 9.91. The predicted molar refractivity (Wildman–Crippen MR) is 108 cm³/mol. The summed E-state index contributed by atoms with van der Waals surface area (Å²) < 4.78 is 27.8. The topological polar surface area (TPSA) is 57.7 Å². The zero-order valence-electron chi connectivity index (χ0n) is 16.2. The van der Waals surface area contributed by atoms with Crippen LogP contribution in [0.2, 0.25) is 5.02 Å². The van der Waals surface area contributed by atoms with E-state index in [1.54, 1.807) is 6.07 Å². The van der Waals surface area contributed by atoms with Crippen LogP contribution in [0.4, 0.5) is 0 Å². The number of sulfonamides is 1. The van der Waals surface area contributed by atoms with Gasteiger partial charge in [-0.1, -0.05) is 38.3 Å². The van der Waals surface area contributed by atoms with E-state index < -0.39 is 10.0 Å². The van der Waals surface area contributed by atoms with Crippen LogP contribution < -0.4 is 0 Å². The van der Waals surface area contributed by atoms with E-state index in [2.05, 4.69) is 13.8 Å². The molecule has 1 aromatic rings. The molecule has 2 fully saturated rings. The van der Waals surface area contributed by atoms with Crippen molar-refractivity contribution in [2.45, 2.75) is 50.8 Å². The SMILES string of the molecule is C[C@H]1C[C@H](C)CN(C(=O)c2ccc(Cl)c(S(=O)(=O)N3CCCCCC3)c2)C1. The van der Waals surface area contributed by atoms with Gasteiger partial charge in [0.1, 0.15) is 4.90 Å². The van der Waals surface area contributed by atoms with Crippen LogP contribution in [0, 0.1) is 11.8 Å². The summed E-state index contributed by atoms with van der Waals surface area (Å²) in [5.41, 5.74) is 0.397. The average Bonchev–Trinajstić information content (AvgIpc) is 2.90. The number of piperidine rings is 1. The largest absolute Gasteiger partial charge is 0.338 e. The van der Waals surface area contributed by atoms with Gasteiger partial charge in [0.25, 0.3) is 5.91 Å². The van der Waals surface area contributed by atoms with Gasteiger partial charge in [-0.25, -0.2) is 8.42 Å². The first kappa shape index (κ1) is 20.6. The molecule has 2 atom stereocenters. The van der Waals surface area contributed by atoms with E-state index in [1.165, 1.54) is 16.4 Å². The summed E-state index contributed by atoms with van der Waals surface area (Å²) in [6, 6.07) is 4.64. The van der Waals surface area contributed by atoms with Crippen LogP contribution in [0.25, 0.3) is 0 Å². The van der Waals surface area contributed by atoms with Crippen LogP contribution in [0.15, 0.2) is 23.1 Å². The average molecular weight is 413 g/mol. The van der Waals surface area contributed by atoms with Gasteiger partial charge in [0, 0.05) is 31.7 Å². The van der Waals surface area contributed by atoms with E-state index in [0.717, 1.165) is 32.1 Å². The van der Waals surface area contributed by atoms with E-state index in [9.17, 15) is 13.2 Å². The summed E-state index contributed by atoms with van der Waals surface area (Å²) in [7, 11) is -3.69. The molecule has 5 nitrogen and oxygen atoms in total. The number of hydrogen-bond acceptors (Lipinski definition) is 3. The first-order valence-electron chi connectivity index (χ1n) is 9.88. The number of halogens is 1. The van der Waals surface area contributed by atoms with Gasteiger partial charge in [0.05, 0.1) is 5.02 Å². The van der Waals surface area contributed by atoms with E-state index in [4.69, 9.17) is 11.6 Å². The van der Waals surface area contributed by atoms with Gasteiger partial charge in [-0.3, -0.25) is 4.79 Å². The zero-order chi connectivity index (χ0) is 19.6. The molecule has 0 spiro atoms. The van der Waals surface area contributed by atoms with E-state index >= 15 is 0 Å². The molecule has 0 saturated carbocycles. The van der Waals surface area contributed by atoms with Crippen molar-refractivity contribution in [1.29, 1.82) is 0 Å². The maximum atomic E-state index is 13.1. The zero-order valence-corrected chi connectivity index (χ0v) is 17.7. The molecule has 2 aliphatic heterocycles. The van der Waals surface area contributed by atoms with Crippen LogP contribution >= 0.6 is 11.6 Å². The third kappa shape index (κ3) is 4.66. The second kappa shape index (κ2) is 8.50. The van der Waals surface area contributed by atoms with Crippen molar-refractivity contribution in [2.75, 3.05) is 26.2 Å². The van der Waals surface area contributed by atoms with Crippen molar-refractivity contribution in [3.63, 3.8) is 0 Å². The lowest BCUT2D eigenvalue weighted by Gasteiger charge is -2.35. The summed E-state index contributed by atoms with van der Waals surface area (Å²) >= 11 is 6.25. The highest BCUT2D eigenvalue weighted by molar-refractivity contribution is 7.89. The summed E-state index contributed by atoms with van der Waals surface area (Å²) in [6.45, 7) is 6.73. The second-order valence-electron chi connectivity index (χ2n) is 8.12. The summed E-state index contributed by atoms with van der Waals surface area (Å²) in [5, 5.41) is 0.177. The van der Waals surface area contributed by atoms with E-state index in [0.29, 0.717) is 43.6 Å². The van der Waals surface area contributed by atoms with Gasteiger partial charge < -0.3 is 4.90 Å². The number of carbonyl (C=O) groups excluding carboxylic acids is 1. The van der Waals surface area contributed by atoms with Crippen molar-refractivity contribution in [1.82, 2.24) is 9.21 Å². The molecule has 0 unspecified atom stereocenters. The summed E-state index contributed by atoms with van der Waals surface area (Å²) in [5.74, 6) is 0.785. The first-order chi connectivity index (χ1) is 12.8. The molecular formula is C20H29ClN2O3S. The third-order valence-corrected chi connectivity index (χ3v) is 7.90. The molecule has 150 valence electrons. The Balaban J connectivity index is 1.88. The van der Waals surface area contributed by atoms with Crippen LogP contribution in [-0.4, -0.2) is 49.7 Å². The minimum Gasteiger partial charge on any atom is -0.338 e. The van der Waals surface area contributed by atoms with Crippen LogP contribution in [-0.2, 0) is 10.0 Å². The molecule has 0 aromatic heterocycles. The Labute approximate surface area is 167 Å². The Morgan fingerprint density at radius 2 is 1.63 bits per heavy atom. The second-order valence-corrected chi connectivity index (χ2v) is 10.4. The molecule has 2 heterocycles. The highest BCUT2D eigenvalue weighted by Crippen LogP contribution is 2.29. The molecule has 0 aliphatic carbocycles. The Morgan fingerprint density at radius 1 is 1.04 bits per heavy atom. The Morgan fingerprint density at radius 3 is 2.22 bits per heavy atom. The Hall–Kier alpha value is -1.11. The van der Waals surface area contributed by atoms with Crippen molar-refractivity contribution < 1.29 is 13.2 Å². The molecule has 0 bridgehead atoms. The normalized spacial score (nSPS) is 25.2. The molecule has 2 aliphatic rings. The Bertz CT molecular complexity index is 778. The van der Waals surface area contributed by atoms with Crippen LogP contribution in [0.5, 0.6) is 0 Å². The van der Waals surface area contributed by atoms with Gasteiger partial charge in [0.15, 0.2) is 0 Å². The minimum atomic E-state index is -3.69. The number of hydrogen-bond donors (Lipinski definition) is 0. The lowest BCUT2D eigenvalue weighted by Crippen LogP contribution is -2.42. The molecule has 2 saturated heterocycles. The van der Waals surface area contributed by atoms with Crippen molar-refractivity contribution in [2.24, 2.45) is 11.8 Å². The number of benzene rings is 1. The predicted octanol–water partition coefficient (Wildman–Crippen LogP) is 4.02. The highest BCUT2D eigenvalue weighted by Gasteiger charge is 2.30. The summed E-state index contributed by atoms with van der Waals surface area (Å²) in [4.78, 5) is 14.9. The van der Waals surface area contributed by atoms with Crippen molar-refractivity contribution >= 4 is 27.5 Å². The lowest BCUT2D eigenvalue weighted by molar-refractivity contribution is 0.0623. The summed E-state index contributed by atoms with van der Waals surface area (Å²) in [6.07, 6.45) is 4.92. The van der Waals surface area contributed by atoms with Gasteiger partial charge in [-0.05, 0) is 49.3 Å². The van der Waals surface area contributed by atoms with Crippen molar-refractivity contribution in [3.8, 4) is 0 Å². The molecule has 0 N–H and O–H groups in total. The number of amides is 1. The minimum absolute atomic E-state index is 0.0509. The maximum Gasteiger partial charge on any atom is 0.253 e. The molecule has 1 aromatic carbocycles. The first-order valence-corrected chi connectivity index (χ1v) is 11.7. The van der Waals surface area contributed by atoms with Crippen molar-refractivity contribution in [3.05, 3.63) is 28.8 Å². The fourth-order valence-electron chi connectivity index (χ4n) is 4.27. The molecule has 1 amide bonds. The molecule has 0 radical (unpaired) electrons. The smallest absolute Gasteiger partial charge is 0.253 e. The quantitative estimate of drug-likeness (QED) is 0.753. The number of rotatable bonds is 3. The van der Waals surface area contributed by atoms with E-state index in [-0.39, 0.29) is 15.8 Å². The van der Waals surface area contributed by atoms with Gasteiger partial charge in [-0.2, -0.15) is 4.31 Å². The molecular weight excluding hydrogens is 384 g/mol. The monoisotopic (exact) mass is 412 g/mol.